The minimum absolute atomic E-state index is 0.0357. The van der Waals surface area contributed by atoms with E-state index >= 15 is 0 Å². The third kappa shape index (κ3) is 4.44. The molecular weight excluding hydrogens is 294 g/mol. The zero-order valence-electron chi connectivity index (χ0n) is 14.4. The summed E-state index contributed by atoms with van der Waals surface area (Å²) in [4.78, 5) is 27.1. The highest BCUT2D eigenvalue weighted by Crippen LogP contribution is 2.34. The third-order valence-corrected chi connectivity index (χ3v) is 5.42. The van der Waals surface area contributed by atoms with Crippen LogP contribution in [0.25, 0.3) is 0 Å². The van der Waals surface area contributed by atoms with Gasteiger partial charge in [-0.15, -0.1) is 0 Å². The van der Waals surface area contributed by atoms with Gasteiger partial charge in [0.1, 0.15) is 0 Å². The fourth-order valence-electron chi connectivity index (χ4n) is 3.91. The van der Waals surface area contributed by atoms with Crippen LogP contribution in [0, 0.1) is 17.8 Å². The molecule has 0 spiro atoms. The van der Waals surface area contributed by atoms with Crippen LogP contribution in [0.2, 0.25) is 0 Å². The first-order chi connectivity index (χ1) is 11.1. The molecule has 2 fully saturated rings. The molecule has 23 heavy (non-hydrogen) atoms. The molecule has 0 bridgehead atoms. The molecule has 2 unspecified atom stereocenters. The van der Waals surface area contributed by atoms with Crippen molar-refractivity contribution in [1.82, 2.24) is 10.2 Å². The van der Waals surface area contributed by atoms with Crippen LogP contribution in [0.4, 0.5) is 0 Å². The molecule has 0 aromatic rings. The molecule has 6 heteroatoms. The normalized spacial score (nSPS) is 31.2. The summed E-state index contributed by atoms with van der Waals surface area (Å²) in [5.41, 5.74) is 5.82. The molecule has 0 aromatic heterocycles. The highest BCUT2D eigenvalue weighted by atomic mass is 16.5. The SMILES string of the molecule is COCCNC(=O)C1CCC(C)N(C(=O)[C@@H]2CCC[C@@H]2CN)C1. The number of amides is 2. The van der Waals surface area contributed by atoms with Crippen LogP contribution in [0.1, 0.15) is 39.0 Å². The summed E-state index contributed by atoms with van der Waals surface area (Å²) in [5.74, 6) is 0.501. The molecule has 1 heterocycles. The van der Waals surface area contributed by atoms with Gasteiger partial charge in [-0.25, -0.2) is 0 Å². The Balaban J connectivity index is 1.94. The summed E-state index contributed by atoms with van der Waals surface area (Å²) >= 11 is 0. The smallest absolute Gasteiger partial charge is 0.226 e. The minimum Gasteiger partial charge on any atom is -0.383 e. The molecule has 4 atom stereocenters. The monoisotopic (exact) mass is 325 g/mol. The van der Waals surface area contributed by atoms with Gasteiger partial charge >= 0.3 is 0 Å². The van der Waals surface area contributed by atoms with E-state index in [1.54, 1.807) is 7.11 Å². The molecule has 3 N–H and O–H groups in total. The average molecular weight is 325 g/mol. The molecule has 1 aliphatic carbocycles. The highest BCUT2D eigenvalue weighted by Gasteiger charge is 2.39. The van der Waals surface area contributed by atoms with E-state index in [1.165, 1.54) is 0 Å². The predicted octanol–water partition coefficient (Wildman–Crippen LogP) is 0.751. The van der Waals surface area contributed by atoms with E-state index in [1.807, 2.05) is 4.90 Å². The maximum atomic E-state index is 12.9. The Morgan fingerprint density at radius 1 is 1.26 bits per heavy atom. The van der Waals surface area contributed by atoms with Crippen molar-refractivity contribution in [3.8, 4) is 0 Å². The number of rotatable bonds is 6. The largest absolute Gasteiger partial charge is 0.383 e. The Morgan fingerprint density at radius 3 is 2.74 bits per heavy atom. The first kappa shape index (κ1) is 18.2. The molecule has 0 radical (unpaired) electrons. The van der Waals surface area contributed by atoms with Crippen molar-refractivity contribution < 1.29 is 14.3 Å². The lowest BCUT2D eigenvalue weighted by Gasteiger charge is -2.39. The molecule has 1 aliphatic heterocycles. The first-order valence-corrected chi connectivity index (χ1v) is 8.85. The Labute approximate surface area is 139 Å². The average Bonchev–Trinajstić information content (AvgIpc) is 3.03. The van der Waals surface area contributed by atoms with Crippen molar-refractivity contribution in [2.45, 2.75) is 45.1 Å². The van der Waals surface area contributed by atoms with Crippen molar-refractivity contribution in [3.05, 3.63) is 0 Å². The zero-order chi connectivity index (χ0) is 16.8. The van der Waals surface area contributed by atoms with Gasteiger partial charge in [0.15, 0.2) is 0 Å². The number of hydrogen-bond donors (Lipinski definition) is 2. The van der Waals surface area contributed by atoms with Gasteiger partial charge < -0.3 is 20.7 Å². The molecule has 2 aliphatic rings. The number of nitrogens with one attached hydrogen (secondary N) is 1. The maximum absolute atomic E-state index is 12.9. The molecule has 1 saturated heterocycles. The zero-order valence-corrected chi connectivity index (χ0v) is 14.4. The number of ether oxygens (including phenoxy) is 1. The van der Waals surface area contributed by atoms with Gasteiger partial charge in [0.2, 0.25) is 11.8 Å². The quantitative estimate of drug-likeness (QED) is 0.706. The number of carbonyl (C=O) groups is 2. The number of nitrogens with zero attached hydrogens (tertiary/aromatic N) is 1. The van der Waals surface area contributed by atoms with E-state index in [4.69, 9.17) is 10.5 Å². The number of hydrogen-bond acceptors (Lipinski definition) is 4. The van der Waals surface area contributed by atoms with Crippen LogP contribution in [0.3, 0.4) is 0 Å². The molecule has 6 nitrogen and oxygen atoms in total. The topological polar surface area (TPSA) is 84.7 Å². The number of methoxy groups -OCH3 is 1. The Bertz CT molecular complexity index is 416. The van der Waals surface area contributed by atoms with E-state index in [0.29, 0.717) is 32.2 Å². The Morgan fingerprint density at radius 2 is 2.04 bits per heavy atom. The Kier molecular flexibility index (Phi) is 6.84. The van der Waals surface area contributed by atoms with Gasteiger partial charge in [-0.3, -0.25) is 9.59 Å². The first-order valence-electron chi connectivity index (χ1n) is 8.85. The number of nitrogens with two attached hydrogens (primary N) is 1. The van der Waals surface area contributed by atoms with Gasteiger partial charge in [0, 0.05) is 32.2 Å². The lowest BCUT2D eigenvalue weighted by atomic mass is 9.89. The maximum Gasteiger partial charge on any atom is 0.226 e. The van der Waals surface area contributed by atoms with Gasteiger partial charge in [-0.2, -0.15) is 0 Å². The van der Waals surface area contributed by atoms with Crippen molar-refractivity contribution in [1.29, 1.82) is 0 Å². The van der Waals surface area contributed by atoms with E-state index in [2.05, 4.69) is 12.2 Å². The van der Waals surface area contributed by atoms with Gasteiger partial charge in [-0.1, -0.05) is 6.42 Å². The minimum atomic E-state index is -0.107. The molecule has 1 saturated carbocycles. The van der Waals surface area contributed by atoms with Crippen LogP contribution in [0.15, 0.2) is 0 Å². The highest BCUT2D eigenvalue weighted by molar-refractivity contribution is 5.83. The summed E-state index contributed by atoms with van der Waals surface area (Å²) in [7, 11) is 1.62. The summed E-state index contributed by atoms with van der Waals surface area (Å²) in [6.45, 7) is 4.24. The van der Waals surface area contributed by atoms with Crippen LogP contribution in [-0.2, 0) is 14.3 Å². The lowest BCUT2D eigenvalue weighted by Crippen LogP contribution is -2.52. The van der Waals surface area contributed by atoms with Gasteiger partial charge in [0.25, 0.3) is 0 Å². The summed E-state index contributed by atoms with van der Waals surface area (Å²) in [6, 6.07) is 0.213. The molecule has 132 valence electrons. The van der Waals surface area contributed by atoms with Crippen molar-refractivity contribution >= 4 is 11.8 Å². The third-order valence-electron chi connectivity index (χ3n) is 5.42. The van der Waals surface area contributed by atoms with E-state index in [9.17, 15) is 9.59 Å². The number of carbonyl (C=O) groups excluding carboxylic acids is 2. The summed E-state index contributed by atoms with van der Waals surface area (Å²) in [5, 5.41) is 2.90. The number of likely N-dealkylation sites (tertiary alicyclic amines) is 1. The second kappa shape index (κ2) is 8.64. The van der Waals surface area contributed by atoms with Crippen LogP contribution < -0.4 is 11.1 Å². The van der Waals surface area contributed by atoms with Gasteiger partial charge in [0.05, 0.1) is 12.5 Å². The lowest BCUT2D eigenvalue weighted by molar-refractivity contribution is -0.143. The standard InChI is InChI=1S/C17H31N3O3/c1-12-6-7-14(16(21)19-8-9-23-2)11-20(12)17(22)15-5-3-4-13(15)10-18/h12-15H,3-11,18H2,1-2H3,(H,19,21)/t12?,13-,14?,15-/m1/s1. The van der Waals surface area contributed by atoms with Crippen molar-refractivity contribution in [3.63, 3.8) is 0 Å². The second-order valence-electron chi connectivity index (χ2n) is 6.93. The van der Waals surface area contributed by atoms with Crippen LogP contribution in [-0.4, -0.2) is 56.1 Å². The van der Waals surface area contributed by atoms with Crippen molar-refractivity contribution in [2.24, 2.45) is 23.5 Å². The van der Waals surface area contributed by atoms with Crippen molar-refractivity contribution in [2.75, 3.05) is 33.4 Å². The van der Waals surface area contributed by atoms with Crippen LogP contribution >= 0.6 is 0 Å². The van der Waals surface area contributed by atoms with Crippen LogP contribution in [0.5, 0.6) is 0 Å². The molecular formula is C17H31N3O3. The second-order valence-corrected chi connectivity index (χ2v) is 6.93. The van der Waals surface area contributed by atoms with Gasteiger partial charge in [-0.05, 0) is 45.1 Å². The molecule has 2 rings (SSSR count). The fraction of sp³-hybridized carbons (Fsp3) is 0.882. The van der Waals surface area contributed by atoms with E-state index in [-0.39, 0.29) is 29.7 Å². The predicted molar refractivity (Wildman–Crippen MR) is 88.7 cm³/mol. The summed E-state index contributed by atoms with van der Waals surface area (Å²) in [6.07, 6.45) is 4.80. The summed E-state index contributed by atoms with van der Waals surface area (Å²) < 4.78 is 4.96. The Hall–Kier alpha value is -1.14. The molecule has 0 aromatic carbocycles. The fourth-order valence-corrected chi connectivity index (χ4v) is 3.91. The molecule has 2 amide bonds. The number of piperidine rings is 1. The van der Waals surface area contributed by atoms with E-state index < -0.39 is 0 Å². The van der Waals surface area contributed by atoms with E-state index in [0.717, 1.165) is 32.1 Å².